The van der Waals surface area contributed by atoms with Crippen molar-refractivity contribution in [3.8, 4) is 0 Å². The molecule has 1 heterocycles. The van der Waals surface area contributed by atoms with Crippen LogP contribution < -0.4 is 11.1 Å². The van der Waals surface area contributed by atoms with Crippen LogP contribution in [0.1, 0.15) is 49.1 Å². The van der Waals surface area contributed by atoms with Gasteiger partial charge < -0.3 is 11.1 Å². The number of aromatic nitrogens is 2. The number of halogens is 1. The minimum Gasteiger partial charge on any atom is -0.399 e. The summed E-state index contributed by atoms with van der Waals surface area (Å²) in [4.78, 5) is 13.4. The third-order valence-electron chi connectivity index (χ3n) is 6.31. The maximum atomic E-state index is 13.4. The Morgan fingerprint density at radius 3 is 2.65 bits per heavy atom. The number of hydrogen-bond acceptors (Lipinski definition) is 5. The van der Waals surface area contributed by atoms with Crippen molar-refractivity contribution in [2.45, 2.75) is 49.5 Å². The first-order valence-corrected chi connectivity index (χ1v) is 13.6. The SMILES string of the molecule is CS(=O)(=O)c1ccc(C(CC2CCCC2)C(=O)Nc2ccn(Cc3cccc(N)c3)n2)cc1Cl. The Hall–Kier alpha value is -2.84. The Labute approximate surface area is 205 Å². The second kappa shape index (κ2) is 10.2. The summed E-state index contributed by atoms with van der Waals surface area (Å²) in [6.45, 7) is 0.537. The van der Waals surface area contributed by atoms with E-state index in [2.05, 4.69) is 10.4 Å². The number of sulfone groups is 1. The van der Waals surface area contributed by atoms with E-state index in [1.807, 2.05) is 30.5 Å². The summed E-state index contributed by atoms with van der Waals surface area (Å²) < 4.78 is 25.7. The standard InChI is InChI=1S/C25H29ClN4O3S/c1-34(32,33)23-10-9-19(15-22(23)26)21(14-17-5-2-3-6-17)25(31)28-24-11-12-30(29-24)16-18-7-4-8-20(27)13-18/h4,7-13,15,17,21H,2-3,5-6,14,16,27H2,1H3,(H,28,29,31). The van der Waals surface area contributed by atoms with E-state index in [1.54, 1.807) is 22.9 Å². The third kappa shape index (κ3) is 5.98. The Bertz CT molecular complexity index is 1280. The largest absolute Gasteiger partial charge is 0.399 e. The molecule has 7 nitrogen and oxygen atoms in total. The lowest BCUT2D eigenvalue weighted by atomic mass is 9.87. The third-order valence-corrected chi connectivity index (χ3v) is 7.89. The molecule has 0 saturated heterocycles. The van der Waals surface area contributed by atoms with E-state index in [1.165, 1.54) is 18.9 Å². The average molecular weight is 501 g/mol. The fourth-order valence-electron chi connectivity index (χ4n) is 4.62. The lowest BCUT2D eigenvalue weighted by molar-refractivity contribution is -0.118. The highest BCUT2D eigenvalue weighted by Gasteiger charge is 2.28. The van der Waals surface area contributed by atoms with Crippen molar-refractivity contribution in [1.29, 1.82) is 0 Å². The molecule has 1 aliphatic rings. The number of amides is 1. The van der Waals surface area contributed by atoms with E-state index in [9.17, 15) is 13.2 Å². The number of nitrogen functional groups attached to an aromatic ring is 1. The molecule has 0 aliphatic heterocycles. The van der Waals surface area contributed by atoms with Gasteiger partial charge in [-0.25, -0.2) is 8.42 Å². The van der Waals surface area contributed by atoms with Gasteiger partial charge in [-0.1, -0.05) is 55.5 Å². The second-order valence-corrected chi connectivity index (χ2v) is 11.4. The summed E-state index contributed by atoms with van der Waals surface area (Å²) in [5.74, 6) is 0.284. The van der Waals surface area contributed by atoms with Gasteiger partial charge in [0.15, 0.2) is 15.7 Å². The van der Waals surface area contributed by atoms with Gasteiger partial charge in [-0.2, -0.15) is 5.10 Å². The predicted molar refractivity (Wildman–Crippen MR) is 135 cm³/mol. The van der Waals surface area contributed by atoms with Gasteiger partial charge in [0, 0.05) is 24.2 Å². The zero-order valence-electron chi connectivity index (χ0n) is 19.1. The van der Waals surface area contributed by atoms with Gasteiger partial charge in [0.05, 0.1) is 22.4 Å². The first kappa shape index (κ1) is 24.3. The molecular formula is C25H29ClN4O3S. The Morgan fingerprint density at radius 1 is 1.21 bits per heavy atom. The van der Waals surface area contributed by atoms with Gasteiger partial charge in [-0.15, -0.1) is 0 Å². The van der Waals surface area contributed by atoms with Gasteiger partial charge >= 0.3 is 0 Å². The lowest BCUT2D eigenvalue weighted by Gasteiger charge is -2.21. The van der Waals surface area contributed by atoms with Crippen LogP contribution in [0, 0.1) is 5.92 Å². The van der Waals surface area contributed by atoms with Crippen molar-refractivity contribution in [3.05, 3.63) is 70.9 Å². The van der Waals surface area contributed by atoms with Gasteiger partial charge in [0.2, 0.25) is 5.91 Å². The number of nitrogens with two attached hydrogens (primary N) is 1. The van der Waals surface area contributed by atoms with Crippen molar-refractivity contribution >= 4 is 38.9 Å². The molecule has 34 heavy (non-hydrogen) atoms. The van der Waals surface area contributed by atoms with Crippen LogP contribution in [-0.4, -0.2) is 30.4 Å². The molecule has 1 aliphatic carbocycles. The Balaban J connectivity index is 1.53. The Kier molecular flexibility index (Phi) is 7.28. The molecule has 4 rings (SSSR count). The molecule has 180 valence electrons. The lowest BCUT2D eigenvalue weighted by Crippen LogP contribution is -2.23. The van der Waals surface area contributed by atoms with Crippen LogP contribution in [0.4, 0.5) is 11.5 Å². The van der Waals surface area contributed by atoms with Crippen LogP contribution in [0.25, 0.3) is 0 Å². The van der Waals surface area contributed by atoms with E-state index < -0.39 is 15.8 Å². The molecule has 1 saturated carbocycles. The molecule has 2 aromatic carbocycles. The first-order valence-electron chi connectivity index (χ1n) is 11.4. The quantitative estimate of drug-likeness (QED) is 0.429. The summed E-state index contributed by atoms with van der Waals surface area (Å²) in [6, 6.07) is 14.1. The van der Waals surface area contributed by atoms with Crippen LogP contribution >= 0.6 is 11.6 Å². The summed E-state index contributed by atoms with van der Waals surface area (Å²) in [5.41, 5.74) is 8.27. The Morgan fingerprint density at radius 2 is 1.97 bits per heavy atom. The van der Waals surface area contributed by atoms with Crippen molar-refractivity contribution in [2.24, 2.45) is 5.92 Å². The number of carbonyl (C=O) groups excluding carboxylic acids is 1. The predicted octanol–water partition coefficient (Wildman–Crippen LogP) is 4.87. The number of nitrogens with one attached hydrogen (secondary N) is 1. The van der Waals surface area contributed by atoms with Gasteiger partial charge in [-0.05, 0) is 47.7 Å². The number of rotatable bonds is 8. The van der Waals surface area contributed by atoms with E-state index >= 15 is 0 Å². The normalized spacial score (nSPS) is 15.4. The second-order valence-electron chi connectivity index (χ2n) is 9.03. The van der Waals surface area contributed by atoms with Crippen molar-refractivity contribution in [1.82, 2.24) is 9.78 Å². The van der Waals surface area contributed by atoms with E-state index in [0.717, 1.165) is 24.7 Å². The number of anilines is 2. The van der Waals surface area contributed by atoms with E-state index in [4.69, 9.17) is 17.3 Å². The maximum absolute atomic E-state index is 13.4. The number of carbonyl (C=O) groups is 1. The molecule has 3 N–H and O–H groups in total. The van der Waals surface area contributed by atoms with E-state index in [0.29, 0.717) is 36.0 Å². The van der Waals surface area contributed by atoms with Crippen LogP contribution in [-0.2, 0) is 21.2 Å². The monoisotopic (exact) mass is 500 g/mol. The number of benzene rings is 2. The average Bonchev–Trinajstić information content (AvgIpc) is 3.43. The number of hydrogen-bond donors (Lipinski definition) is 2. The van der Waals surface area contributed by atoms with Crippen LogP contribution in [0.15, 0.2) is 59.6 Å². The molecule has 1 unspecified atom stereocenters. The molecule has 9 heteroatoms. The van der Waals surface area contributed by atoms with Crippen LogP contribution in [0.3, 0.4) is 0 Å². The zero-order chi connectivity index (χ0) is 24.3. The zero-order valence-corrected chi connectivity index (χ0v) is 20.6. The van der Waals surface area contributed by atoms with Crippen LogP contribution in [0.5, 0.6) is 0 Å². The van der Waals surface area contributed by atoms with E-state index in [-0.39, 0.29) is 15.8 Å². The number of nitrogens with zero attached hydrogens (tertiary/aromatic N) is 2. The highest BCUT2D eigenvalue weighted by atomic mass is 35.5. The summed E-state index contributed by atoms with van der Waals surface area (Å²) in [7, 11) is -3.45. The molecule has 3 aromatic rings. The van der Waals surface area contributed by atoms with Gasteiger partial charge in [-0.3, -0.25) is 9.48 Å². The molecule has 0 radical (unpaired) electrons. The highest BCUT2D eigenvalue weighted by Crippen LogP contribution is 2.36. The smallest absolute Gasteiger partial charge is 0.233 e. The highest BCUT2D eigenvalue weighted by molar-refractivity contribution is 7.90. The summed E-state index contributed by atoms with van der Waals surface area (Å²) >= 11 is 6.30. The fourth-order valence-corrected chi connectivity index (χ4v) is 5.95. The molecule has 1 aromatic heterocycles. The fraction of sp³-hybridized carbons (Fsp3) is 0.360. The molecule has 1 fully saturated rings. The molecular weight excluding hydrogens is 472 g/mol. The summed E-state index contributed by atoms with van der Waals surface area (Å²) in [6.07, 6.45) is 8.13. The van der Waals surface area contributed by atoms with Crippen molar-refractivity contribution in [2.75, 3.05) is 17.3 Å². The minimum absolute atomic E-state index is 0.0678. The van der Waals surface area contributed by atoms with Gasteiger partial charge in [0.25, 0.3) is 0 Å². The molecule has 1 atom stereocenters. The topological polar surface area (TPSA) is 107 Å². The molecule has 1 amide bonds. The van der Waals surface area contributed by atoms with Crippen molar-refractivity contribution in [3.63, 3.8) is 0 Å². The van der Waals surface area contributed by atoms with Crippen molar-refractivity contribution < 1.29 is 13.2 Å². The summed E-state index contributed by atoms with van der Waals surface area (Å²) in [5, 5.41) is 7.56. The minimum atomic E-state index is -3.45. The first-order chi connectivity index (χ1) is 16.2. The van der Waals surface area contributed by atoms with Crippen LogP contribution in [0.2, 0.25) is 5.02 Å². The van der Waals surface area contributed by atoms with Gasteiger partial charge in [0.1, 0.15) is 0 Å². The molecule has 0 bridgehead atoms. The maximum Gasteiger partial charge on any atom is 0.233 e. The molecule has 0 spiro atoms.